The molecule has 0 saturated carbocycles. The van der Waals surface area contributed by atoms with Crippen molar-refractivity contribution in [1.82, 2.24) is 10.9 Å². The molecule has 9 nitrogen and oxygen atoms in total. The van der Waals surface area contributed by atoms with Crippen LogP contribution in [0.4, 0.5) is 5.69 Å². The number of amides is 3. The van der Waals surface area contributed by atoms with Crippen molar-refractivity contribution in [2.75, 3.05) is 5.32 Å². The second-order valence-corrected chi connectivity index (χ2v) is 6.88. The Balaban J connectivity index is 2.01. The molecule has 11 heteroatoms. The number of carbonyl (C=O) groups is 3. The zero-order valence-electron chi connectivity index (χ0n) is 13.0. The first-order chi connectivity index (χ1) is 12.2. The first-order valence-corrected chi connectivity index (χ1v) is 8.90. The number of anilines is 1. The minimum absolute atomic E-state index is 0.281. The van der Waals surface area contributed by atoms with Crippen LogP contribution < -0.4 is 21.3 Å². The average Bonchev–Trinajstić information content (AvgIpc) is 2.58. The van der Waals surface area contributed by atoms with Crippen LogP contribution in [0.25, 0.3) is 0 Å². The predicted molar refractivity (Wildman–Crippen MR) is 93.5 cm³/mol. The maximum absolute atomic E-state index is 12.0. The number of benzene rings is 2. The van der Waals surface area contributed by atoms with Crippen LogP contribution in [0.15, 0.2) is 53.4 Å². The van der Waals surface area contributed by atoms with Gasteiger partial charge in [0.25, 0.3) is 5.91 Å². The van der Waals surface area contributed by atoms with Crippen molar-refractivity contribution in [3.05, 3.63) is 59.1 Å². The maximum Gasteiger partial charge on any atom is 0.328 e. The molecule has 3 amide bonds. The molecule has 0 aliphatic heterocycles. The quantitative estimate of drug-likeness (QED) is 0.437. The molecule has 0 saturated heterocycles. The Hall–Kier alpha value is -2.95. The van der Waals surface area contributed by atoms with Gasteiger partial charge in [0.05, 0.1) is 10.5 Å². The second-order valence-electron chi connectivity index (χ2n) is 4.91. The van der Waals surface area contributed by atoms with Gasteiger partial charge in [-0.15, -0.1) is 0 Å². The predicted octanol–water partition coefficient (Wildman–Crippen LogP) is 0.387. The molecule has 2 aromatic carbocycles. The zero-order valence-corrected chi connectivity index (χ0v) is 14.6. The van der Waals surface area contributed by atoms with E-state index in [1.165, 1.54) is 30.3 Å². The molecular weight excluding hydrogens is 384 g/mol. The lowest BCUT2D eigenvalue weighted by Crippen LogP contribution is -2.47. The highest BCUT2D eigenvalue weighted by atomic mass is 35.5. The minimum Gasteiger partial charge on any atom is -0.318 e. The van der Waals surface area contributed by atoms with Crippen LogP contribution in [-0.4, -0.2) is 26.1 Å². The molecule has 2 aromatic rings. The number of nitrogens with one attached hydrogen (secondary N) is 3. The normalized spacial score (nSPS) is 10.7. The SMILES string of the molecule is NS(=O)(=O)c1ccccc1C(=O)NNC(=O)C(=O)Nc1cccc(Cl)c1. The number of hydrogen-bond donors (Lipinski definition) is 4. The Kier molecular flexibility index (Phi) is 5.93. The summed E-state index contributed by atoms with van der Waals surface area (Å²) in [6.45, 7) is 0. The summed E-state index contributed by atoms with van der Waals surface area (Å²) in [6, 6.07) is 11.2. The monoisotopic (exact) mass is 396 g/mol. The number of nitrogens with two attached hydrogens (primary N) is 1. The Bertz CT molecular complexity index is 978. The number of sulfonamides is 1. The summed E-state index contributed by atoms with van der Waals surface area (Å²) >= 11 is 5.76. The third-order valence-corrected chi connectivity index (χ3v) is 4.22. The van der Waals surface area contributed by atoms with Gasteiger partial charge in [0.2, 0.25) is 10.0 Å². The molecule has 0 aliphatic rings. The van der Waals surface area contributed by atoms with E-state index in [0.717, 1.165) is 6.07 Å². The van der Waals surface area contributed by atoms with Gasteiger partial charge >= 0.3 is 11.8 Å². The highest BCUT2D eigenvalue weighted by Gasteiger charge is 2.20. The fourth-order valence-corrected chi connectivity index (χ4v) is 2.82. The van der Waals surface area contributed by atoms with E-state index in [4.69, 9.17) is 16.7 Å². The van der Waals surface area contributed by atoms with Crippen LogP contribution in [0.5, 0.6) is 0 Å². The van der Waals surface area contributed by atoms with Gasteiger partial charge in [0.1, 0.15) is 0 Å². The second kappa shape index (κ2) is 7.95. The molecule has 0 unspecified atom stereocenters. The van der Waals surface area contributed by atoms with Gasteiger partial charge in [0.15, 0.2) is 0 Å². The van der Waals surface area contributed by atoms with Crippen molar-refractivity contribution in [1.29, 1.82) is 0 Å². The summed E-state index contributed by atoms with van der Waals surface area (Å²) < 4.78 is 22.9. The fraction of sp³-hybridized carbons (Fsp3) is 0. The van der Waals surface area contributed by atoms with Gasteiger partial charge in [-0.1, -0.05) is 29.8 Å². The molecule has 2 rings (SSSR count). The summed E-state index contributed by atoms with van der Waals surface area (Å²) in [5.41, 5.74) is 3.81. The lowest BCUT2D eigenvalue weighted by molar-refractivity contribution is -0.136. The van der Waals surface area contributed by atoms with Crippen molar-refractivity contribution in [2.45, 2.75) is 4.90 Å². The van der Waals surface area contributed by atoms with Crippen molar-refractivity contribution in [3.8, 4) is 0 Å². The van der Waals surface area contributed by atoms with Crippen molar-refractivity contribution < 1.29 is 22.8 Å². The first kappa shape index (κ1) is 19.4. The number of carbonyl (C=O) groups excluding carboxylic acids is 3. The summed E-state index contributed by atoms with van der Waals surface area (Å²) in [4.78, 5) is 35.1. The van der Waals surface area contributed by atoms with E-state index in [1.807, 2.05) is 10.9 Å². The molecule has 0 aromatic heterocycles. The Labute approximate surface area is 153 Å². The molecule has 0 radical (unpaired) electrons. The van der Waals surface area contributed by atoms with E-state index in [-0.39, 0.29) is 11.3 Å². The summed E-state index contributed by atoms with van der Waals surface area (Å²) in [7, 11) is -4.14. The average molecular weight is 397 g/mol. The molecule has 26 heavy (non-hydrogen) atoms. The number of hydrogen-bond acceptors (Lipinski definition) is 5. The molecule has 136 valence electrons. The summed E-state index contributed by atoms with van der Waals surface area (Å²) in [5, 5.41) is 7.66. The van der Waals surface area contributed by atoms with Crippen LogP contribution in [0.2, 0.25) is 5.02 Å². The van der Waals surface area contributed by atoms with Crippen molar-refractivity contribution in [2.24, 2.45) is 5.14 Å². The largest absolute Gasteiger partial charge is 0.328 e. The van der Waals surface area contributed by atoms with Crippen LogP contribution in [0.3, 0.4) is 0 Å². The van der Waals surface area contributed by atoms with E-state index < -0.39 is 32.6 Å². The molecule has 0 spiro atoms. The highest BCUT2D eigenvalue weighted by Crippen LogP contribution is 2.15. The summed E-state index contributed by atoms with van der Waals surface area (Å²) in [6.07, 6.45) is 0. The van der Waals surface area contributed by atoms with E-state index in [9.17, 15) is 22.8 Å². The van der Waals surface area contributed by atoms with Gasteiger partial charge in [-0.3, -0.25) is 25.2 Å². The third kappa shape index (κ3) is 5.02. The van der Waals surface area contributed by atoms with Crippen molar-refractivity contribution >= 4 is 45.0 Å². The molecule has 0 fully saturated rings. The molecule has 0 atom stereocenters. The lowest BCUT2D eigenvalue weighted by Gasteiger charge is -2.10. The van der Waals surface area contributed by atoms with Crippen molar-refractivity contribution in [3.63, 3.8) is 0 Å². The molecule has 5 N–H and O–H groups in total. The van der Waals surface area contributed by atoms with Gasteiger partial charge in [-0.2, -0.15) is 0 Å². The van der Waals surface area contributed by atoms with Crippen LogP contribution in [0, 0.1) is 0 Å². The fourth-order valence-electron chi connectivity index (χ4n) is 1.89. The first-order valence-electron chi connectivity index (χ1n) is 6.97. The number of hydrazine groups is 1. The number of rotatable bonds is 3. The van der Waals surface area contributed by atoms with Crippen LogP contribution in [0.1, 0.15) is 10.4 Å². The Morgan fingerprint density at radius 1 is 0.923 bits per heavy atom. The molecule has 0 heterocycles. The zero-order chi connectivity index (χ0) is 19.3. The van der Waals surface area contributed by atoms with E-state index >= 15 is 0 Å². The van der Waals surface area contributed by atoms with Crippen LogP contribution >= 0.6 is 11.6 Å². The van der Waals surface area contributed by atoms with Gasteiger partial charge in [0, 0.05) is 10.7 Å². The van der Waals surface area contributed by atoms with E-state index in [2.05, 4.69) is 5.32 Å². The van der Waals surface area contributed by atoms with Gasteiger partial charge in [-0.25, -0.2) is 13.6 Å². The molecule has 0 bridgehead atoms. The third-order valence-electron chi connectivity index (χ3n) is 3.02. The number of primary sulfonamides is 1. The van der Waals surface area contributed by atoms with E-state index in [0.29, 0.717) is 5.02 Å². The Morgan fingerprint density at radius 3 is 2.27 bits per heavy atom. The standard InChI is InChI=1S/C15H13ClN4O5S/c16-9-4-3-5-10(8-9)18-14(22)15(23)20-19-13(21)11-6-1-2-7-12(11)26(17,24)25/h1-8H,(H,18,22)(H,19,21)(H,20,23)(H2,17,24,25). The molecular formula is C15H13ClN4O5S. The lowest BCUT2D eigenvalue weighted by atomic mass is 10.2. The van der Waals surface area contributed by atoms with Gasteiger partial charge in [-0.05, 0) is 30.3 Å². The topological polar surface area (TPSA) is 147 Å². The number of halogens is 1. The van der Waals surface area contributed by atoms with E-state index in [1.54, 1.807) is 12.1 Å². The van der Waals surface area contributed by atoms with Crippen LogP contribution in [-0.2, 0) is 19.6 Å². The summed E-state index contributed by atoms with van der Waals surface area (Å²) in [5.74, 6) is -3.20. The minimum atomic E-state index is -4.14. The Morgan fingerprint density at radius 2 is 1.62 bits per heavy atom. The highest BCUT2D eigenvalue weighted by molar-refractivity contribution is 7.89. The smallest absolute Gasteiger partial charge is 0.318 e. The van der Waals surface area contributed by atoms with Gasteiger partial charge < -0.3 is 5.32 Å². The molecule has 0 aliphatic carbocycles. The maximum atomic E-state index is 12.0.